The van der Waals surface area contributed by atoms with Crippen LogP contribution < -0.4 is 5.32 Å². The number of H-pyrrole nitrogens is 1. The molecule has 0 amide bonds. The Morgan fingerprint density at radius 2 is 1.92 bits per heavy atom. The number of carboxylic acids is 1. The van der Waals surface area contributed by atoms with Crippen molar-refractivity contribution in [2.24, 2.45) is 17.8 Å². The molecule has 5 aromatic rings. The quantitative estimate of drug-likeness (QED) is 0.275. The fourth-order valence-corrected chi connectivity index (χ4v) is 6.44. The summed E-state index contributed by atoms with van der Waals surface area (Å²) < 4.78 is 17.9. The number of carbonyl (C=O) groups is 1. The van der Waals surface area contributed by atoms with E-state index >= 15 is 4.39 Å². The van der Waals surface area contributed by atoms with Crippen LogP contribution in [0, 0.1) is 23.6 Å². The third-order valence-corrected chi connectivity index (χ3v) is 8.27. The van der Waals surface area contributed by atoms with E-state index in [9.17, 15) is 9.90 Å². The van der Waals surface area contributed by atoms with Crippen molar-refractivity contribution in [3.8, 4) is 17.3 Å². The number of para-hydroxylation sites is 1. The lowest BCUT2D eigenvalue weighted by Crippen LogP contribution is -2.51. The summed E-state index contributed by atoms with van der Waals surface area (Å²) in [6.45, 7) is 0. The van der Waals surface area contributed by atoms with Gasteiger partial charge in [0.1, 0.15) is 5.69 Å². The van der Waals surface area contributed by atoms with Crippen LogP contribution in [0.5, 0.6) is 0 Å². The molecule has 0 saturated heterocycles. The molecule has 3 saturated carbocycles. The maximum Gasteiger partial charge on any atom is 0.308 e. The molecule has 38 heavy (non-hydrogen) atoms. The lowest BCUT2D eigenvalue weighted by molar-refractivity contribution is -0.148. The van der Waals surface area contributed by atoms with E-state index in [0.717, 1.165) is 36.6 Å². The van der Waals surface area contributed by atoms with Crippen LogP contribution in [-0.4, -0.2) is 46.8 Å². The van der Waals surface area contributed by atoms with Gasteiger partial charge in [0.25, 0.3) is 0 Å². The number of nitrogens with zero attached hydrogens (tertiary/aromatic N) is 5. The lowest BCUT2D eigenvalue weighted by Gasteiger charge is -2.47. The second-order valence-electron chi connectivity index (χ2n) is 10.1. The number of nitrogens with one attached hydrogen (secondary N) is 2. The van der Waals surface area contributed by atoms with Gasteiger partial charge < -0.3 is 10.4 Å². The summed E-state index contributed by atoms with van der Waals surface area (Å²) in [6.07, 6.45) is 6.85. The van der Waals surface area contributed by atoms with Crippen LogP contribution in [0.4, 0.5) is 10.2 Å². The minimum absolute atomic E-state index is 0.0395. The van der Waals surface area contributed by atoms with E-state index in [4.69, 9.17) is 11.6 Å². The molecule has 0 aliphatic heterocycles. The topological polar surface area (TPSA) is 122 Å². The Labute approximate surface area is 221 Å². The Bertz CT molecular complexity index is 1710. The van der Waals surface area contributed by atoms with Crippen LogP contribution in [0.15, 0.2) is 48.8 Å². The lowest BCUT2D eigenvalue weighted by atomic mass is 9.61. The molecule has 8 rings (SSSR count). The van der Waals surface area contributed by atoms with Crippen molar-refractivity contribution in [2.75, 3.05) is 5.32 Å². The molecule has 192 valence electrons. The van der Waals surface area contributed by atoms with Crippen molar-refractivity contribution in [3.63, 3.8) is 0 Å². The van der Waals surface area contributed by atoms with Gasteiger partial charge in [-0.15, -0.1) is 0 Å². The SMILES string of the molecule is O=C(O)C1C2CCC(CC2)C1Nc1nc(-c2n[nH]c3ncc(Cl)cc23)nc(-n2ccc3ccccc32)c1F. The maximum absolute atomic E-state index is 16.3. The van der Waals surface area contributed by atoms with Gasteiger partial charge in [0, 0.05) is 18.4 Å². The fraction of sp³-hybridized carbons (Fsp3) is 0.296. The van der Waals surface area contributed by atoms with Gasteiger partial charge in [0.2, 0.25) is 5.82 Å². The smallest absolute Gasteiger partial charge is 0.308 e. The molecule has 3 N–H and O–H groups in total. The first-order chi connectivity index (χ1) is 18.5. The van der Waals surface area contributed by atoms with Gasteiger partial charge in [0.05, 0.1) is 21.8 Å². The van der Waals surface area contributed by atoms with Gasteiger partial charge in [-0.2, -0.15) is 9.49 Å². The van der Waals surface area contributed by atoms with E-state index in [1.54, 1.807) is 16.8 Å². The van der Waals surface area contributed by atoms with Gasteiger partial charge in [-0.05, 0) is 61.1 Å². The Morgan fingerprint density at radius 1 is 1.13 bits per heavy atom. The van der Waals surface area contributed by atoms with Crippen LogP contribution >= 0.6 is 11.6 Å². The zero-order valence-electron chi connectivity index (χ0n) is 20.1. The standard InChI is InChI=1S/C27H23ClFN7O2/c28-16-11-17-22(34-35-23(17)30-12-16)25-32-24(31-21-15-7-5-14(6-8-15)19(21)27(37)38)20(29)26(33-25)36-10-9-13-3-1-2-4-18(13)36/h1-4,9-12,14-15,19,21H,5-8H2,(H,37,38)(H,30,34,35)(H,31,32,33). The largest absolute Gasteiger partial charge is 0.481 e. The number of halogens is 2. The Hall–Kier alpha value is -4.05. The number of aromatic nitrogens is 6. The number of benzene rings is 1. The van der Waals surface area contributed by atoms with Crippen molar-refractivity contribution < 1.29 is 14.3 Å². The first kappa shape index (κ1) is 23.1. The van der Waals surface area contributed by atoms with Gasteiger partial charge in [0.15, 0.2) is 23.1 Å². The number of carboxylic acid groups (broad SMARTS) is 1. The van der Waals surface area contributed by atoms with Crippen LogP contribution in [-0.2, 0) is 4.79 Å². The molecule has 0 spiro atoms. The molecule has 3 aliphatic carbocycles. The molecule has 0 radical (unpaired) electrons. The van der Waals surface area contributed by atoms with Crippen LogP contribution in [0.25, 0.3) is 39.3 Å². The Balaban J connectivity index is 1.41. The van der Waals surface area contributed by atoms with Gasteiger partial charge in [-0.25, -0.2) is 15.0 Å². The third kappa shape index (κ3) is 3.62. The Kier molecular flexibility index (Phi) is 5.33. The molecule has 2 bridgehead atoms. The first-order valence-corrected chi connectivity index (χ1v) is 13.0. The number of rotatable bonds is 5. The molecule has 4 heterocycles. The third-order valence-electron chi connectivity index (χ3n) is 8.06. The predicted octanol–water partition coefficient (Wildman–Crippen LogP) is 5.45. The molecular formula is C27H23ClFN7O2. The second kappa shape index (κ2) is 8.76. The number of fused-ring (bicyclic) bond motifs is 5. The van der Waals surface area contributed by atoms with Crippen molar-refractivity contribution in [2.45, 2.75) is 31.7 Å². The highest BCUT2D eigenvalue weighted by atomic mass is 35.5. The minimum Gasteiger partial charge on any atom is -0.481 e. The zero-order chi connectivity index (χ0) is 26.0. The molecule has 11 heteroatoms. The number of aromatic amines is 1. The second-order valence-corrected chi connectivity index (χ2v) is 10.5. The van der Waals surface area contributed by atoms with Crippen LogP contribution in [0.2, 0.25) is 5.02 Å². The molecular weight excluding hydrogens is 509 g/mol. The van der Waals surface area contributed by atoms with E-state index in [-0.39, 0.29) is 29.3 Å². The van der Waals surface area contributed by atoms with Crippen molar-refractivity contribution >= 4 is 45.3 Å². The zero-order valence-corrected chi connectivity index (χ0v) is 20.9. The van der Waals surface area contributed by atoms with Crippen LogP contribution in [0.3, 0.4) is 0 Å². The average molecular weight is 532 g/mol. The summed E-state index contributed by atoms with van der Waals surface area (Å²) >= 11 is 6.20. The summed E-state index contributed by atoms with van der Waals surface area (Å²) in [5.41, 5.74) is 1.64. The highest BCUT2D eigenvalue weighted by Crippen LogP contribution is 2.46. The molecule has 3 fully saturated rings. The average Bonchev–Trinajstić information content (AvgIpc) is 3.54. The van der Waals surface area contributed by atoms with Crippen molar-refractivity contribution in [1.29, 1.82) is 0 Å². The summed E-state index contributed by atoms with van der Waals surface area (Å²) in [5, 5.41) is 22.4. The molecule has 9 nitrogen and oxygen atoms in total. The monoisotopic (exact) mass is 531 g/mol. The molecule has 3 aliphatic rings. The number of hydrogen-bond acceptors (Lipinski definition) is 6. The number of anilines is 1. The summed E-state index contributed by atoms with van der Waals surface area (Å²) in [4.78, 5) is 25.7. The normalized spacial score (nSPS) is 22.8. The van der Waals surface area contributed by atoms with Gasteiger partial charge >= 0.3 is 5.97 Å². The summed E-state index contributed by atoms with van der Waals surface area (Å²) in [6, 6.07) is 10.8. The van der Waals surface area contributed by atoms with Crippen LogP contribution in [0.1, 0.15) is 25.7 Å². The molecule has 4 aromatic heterocycles. The van der Waals surface area contributed by atoms with E-state index < -0.39 is 23.7 Å². The molecule has 1 aromatic carbocycles. The molecule has 2 unspecified atom stereocenters. The number of pyridine rings is 1. The number of hydrogen-bond donors (Lipinski definition) is 3. The van der Waals surface area contributed by atoms with Crippen molar-refractivity contribution in [3.05, 3.63) is 59.6 Å². The Morgan fingerprint density at radius 3 is 2.74 bits per heavy atom. The first-order valence-electron chi connectivity index (χ1n) is 12.6. The van der Waals surface area contributed by atoms with E-state index in [1.807, 2.05) is 30.3 Å². The summed E-state index contributed by atoms with van der Waals surface area (Å²) in [5.74, 6) is -1.76. The minimum atomic E-state index is -0.859. The fourth-order valence-electron chi connectivity index (χ4n) is 6.28. The maximum atomic E-state index is 16.3. The van der Waals surface area contributed by atoms with E-state index in [1.165, 1.54) is 6.20 Å². The highest BCUT2D eigenvalue weighted by Gasteiger charge is 2.47. The van der Waals surface area contributed by atoms with E-state index in [0.29, 0.717) is 21.7 Å². The van der Waals surface area contributed by atoms with Crippen molar-refractivity contribution in [1.82, 2.24) is 29.7 Å². The van der Waals surface area contributed by atoms with Gasteiger partial charge in [-0.3, -0.25) is 14.5 Å². The van der Waals surface area contributed by atoms with Gasteiger partial charge in [-0.1, -0.05) is 29.8 Å². The van der Waals surface area contributed by atoms with E-state index in [2.05, 4.69) is 30.5 Å². The predicted molar refractivity (Wildman–Crippen MR) is 141 cm³/mol. The molecule has 2 atom stereocenters. The highest BCUT2D eigenvalue weighted by molar-refractivity contribution is 6.31. The summed E-state index contributed by atoms with van der Waals surface area (Å²) in [7, 11) is 0. The number of aliphatic carboxylic acids is 1.